The van der Waals surface area contributed by atoms with Crippen LogP contribution in [0, 0.1) is 11.3 Å². The monoisotopic (exact) mass is 501 g/mol. The molecule has 1 N–H and O–H groups in total. The van der Waals surface area contributed by atoms with Gasteiger partial charge in [0.05, 0.1) is 29.2 Å². The number of nitrogens with zero attached hydrogens (tertiary/aromatic N) is 2. The Morgan fingerprint density at radius 2 is 1.55 bits per heavy atom. The van der Waals surface area contributed by atoms with Crippen molar-refractivity contribution in [2.45, 2.75) is 51.0 Å². The van der Waals surface area contributed by atoms with Crippen LogP contribution in [-0.4, -0.2) is 21.7 Å². The molecule has 2 heterocycles. The maximum atomic E-state index is 12.8. The molecule has 0 saturated heterocycles. The van der Waals surface area contributed by atoms with Crippen LogP contribution in [0.25, 0.3) is 10.9 Å². The minimum atomic E-state index is -0.838. The quantitative estimate of drug-likeness (QED) is 0.379. The van der Waals surface area contributed by atoms with Gasteiger partial charge in [-0.15, -0.1) is 0 Å². The molecule has 6 nitrogen and oxygen atoms in total. The van der Waals surface area contributed by atoms with Gasteiger partial charge in [-0.25, -0.2) is 0 Å². The molecule has 0 bridgehead atoms. The standard InChI is InChI=1S/C32H27N3O3/c1-32(19-33,22-13-14-24-23-9-2-3-10-25(23)29(36)34-28(24)16-22)17-20-7-6-8-21(15-20)18-35-30(37)26-11-4-5-12-27(26)31(35)38/h4-8,11-16H,2-3,9-10,17-18H2,1H3,(H,34,36). The van der Waals surface area contributed by atoms with Gasteiger partial charge >= 0.3 is 0 Å². The summed E-state index contributed by atoms with van der Waals surface area (Å²) >= 11 is 0. The third kappa shape index (κ3) is 3.92. The van der Waals surface area contributed by atoms with Gasteiger partial charge in [-0.2, -0.15) is 5.26 Å². The minimum absolute atomic E-state index is 0.0242. The molecule has 1 aromatic heterocycles. The number of nitriles is 1. The zero-order valence-electron chi connectivity index (χ0n) is 21.2. The number of hydrogen-bond acceptors (Lipinski definition) is 4. The van der Waals surface area contributed by atoms with E-state index in [9.17, 15) is 19.6 Å². The smallest absolute Gasteiger partial charge is 0.261 e. The highest BCUT2D eigenvalue weighted by Crippen LogP contribution is 2.33. The Morgan fingerprint density at radius 1 is 0.868 bits per heavy atom. The summed E-state index contributed by atoms with van der Waals surface area (Å²) in [5, 5.41) is 11.3. The Balaban J connectivity index is 1.28. The summed E-state index contributed by atoms with van der Waals surface area (Å²) < 4.78 is 0. The van der Waals surface area contributed by atoms with Gasteiger partial charge in [0.25, 0.3) is 17.4 Å². The fourth-order valence-electron chi connectivity index (χ4n) is 5.92. The molecule has 1 unspecified atom stereocenters. The van der Waals surface area contributed by atoms with E-state index in [1.165, 1.54) is 4.90 Å². The van der Waals surface area contributed by atoms with Crippen molar-refractivity contribution in [2.75, 3.05) is 0 Å². The van der Waals surface area contributed by atoms with Crippen molar-refractivity contribution in [3.8, 4) is 6.07 Å². The summed E-state index contributed by atoms with van der Waals surface area (Å²) in [6.45, 7) is 2.08. The van der Waals surface area contributed by atoms with Crippen molar-refractivity contribution in [2.24, 2.45) is 0 Å². The number of benzene rings is 3. The van der Waals surface area contributed by atoms with Gasteiger partial charge < -0.3 is 4.98 Å². The number of nitrogens with one attached hydrogen (secondary N) is 1. The SMILES string of the molecule is CC(C#N)(Cc1cccc(CN2C(=O)c3ccccc3C2=O)c1)c1ccc2c3c(c(=O)[nH]c2c1)CCCC3. The lowest BCUT2D eigenvalue weighted by Gasteiger charge is -2.24. The second kappa shape index (κ2) is 9.11. The lowest BCUT2D eigenvalue weighted by atomic mass is 9.77. The number of aromatic amines is 1. The molecule has 0 radical (unpaired) electrons. The molecule has 0 saturated carbocycles. The number of H-pyrrole nitrogens is 1. The zero-order valence-corrected chi connectivity index (χ0v) is 21.2. The molecular formula is C32H27N3O3. The third-order valence-electron chi connectivity index (χ3n) is 7.99. The van der Waals surface area contributed by atoms with E-state index < -0.39 is 5.41 Å². The number of carbonyl (C=O) groups excluding carboxylic acids is 2. The van der Waals surface area contributed by atoms with Crippen LogP contribution in [0.3, 0.4) is 0 Å². The summed E-state index contributed by atoms with van der Waals surface area (Å²) in [6.07, 6.45) is 4.29. The molecule has 1 aliphatic heterocycles. The van der Waals surface area contributed by atoms with E-state index in [0.717, 1.165) is 64.4 Å². The Kier molecular flexibility index (Phi) is 5.72. The molecule has 6 rings (SSSR count). The molecule has 188 valence electrons. The van der Waals surface area contributed by atoms with E-state index in [0.29, 0.717) is 17.5 Å². The van der Waals surface area contributed by atoms with Crippen LogP contribution in [0.2, 0.25) is 0 Å². The van der Waals surface area contributed by atoms with Crippen molar-refractivity contribution >= 4 is 22.7 Å². The highest BCUT2D eigenvalue weighted by atomic mass is 16.2. The fraction of sp³-hybridized carbons (Fsp3) is 0.250. The number of carbonyl (C=O) groups is 2. The van der Waals surface area contributed by atoms with E-state index >= 15 is 0 Å². The predicted octanol–water partition coefficient (Wildman–Crippen LogP) is 5.23. The minimum Gasteiger partial charge on any atom is -0.322 e. The van der Waals surface area contributed by atoms with Gasteiger partial charge in [0.2, 0.25) is 0 Å². The second-order valence-electron chi connectivity index (χ2n) is 10.6. The molecule has 2 aliphatic rings. The van der Waals surface area contributed by atoms with Gasteiger partial charge in [0.15, 0.2) is 0 Å². The van der Waals surface area contributed by atoms with Gasteiger partial charge in [-0.1, -0.05) is 48.5 Å². The van der Waals surface area contributed by atoms with Crippen LogP contribution in [0.4, 0.5) is 0 Å². The first-order chi connectivity index (χ1) is 18.4. The van der Waals surface area contributed by atoms with Gasteiger partial charge in [-0.3, -0.25) is 19.3 Å². The first kappa shape index (κ1) is 23.9. The lowest BCUT2D eigenvalue weighted by Crippen LogP contribution is -2.29. The zero-order chi connectivity index (χ0) is 26.4. The van der Waals surface area contributed by atoms with Crippen molar-refractivity contribution in [1.29, 1.82) is 5.26 Å². The number of imide groups is 1. The number of fused-ring (bicyclic) bond motifs is 4. The van der Waals surface area contributed by atoms with E-state index in [2.05, 4.69) is 11.1 Å². The predicted molar refractivity (Wildman–Crippen MR) is 145 cm³/mol. The number of aryl methyl sites for hydroxylation is 1. The first-order valence-electron chi connectivity index (χ1n) is 13.0. The normalized spacial score (nSPS) is 16.2. The number of rotatable bonds is 5. The van der Waals surface area contributed by atoms with Crippen LogP contribution in [0.1, 0.15) is 68.3 Å². The Labute approximate surface area is 220 Å². The van der Waals surface area contributed by atoms with Gasteiger partial charge in [0, 0.05) is 16.5 Å². The molecule has 4 aromatic rings. The number of hydrogen-bond donors (Lipinski definition) is 1. The maximum Gasteiger partial charge on any atom is 0.261 e. The molecule has 1 aliphatic carbocycles. The third-order valence-corrected chi connectivity index (χ3v) is 7.99. The van der Waals surface area contributed by atoms with Crippen molar-refractivity contribution in [3.05, 3.63) is 116 Å². The number of aromatic nitrogens is 1. The average Bonchev–Trinajstić information content (AvgIpc) is 3.18. The van der Waals surface area contributed by atoms with Crippen molar-refractivity contribution < 1.29 is 9.59 Å². The van der Waals surface area contributed by atoms with Crippen LogP contribution in [0.5, 0.6) is 0 Å². The van der Waals surface area contributed by atoms with Crippen LogP contribution >= 0.6 is 0 Å². The molecular weight excluding hydrogens is 474 g/mol. The highest BCUT2D eigenvalue weighted by Gasteiger charge is 2.35. The summed E-state index contributed by atoms with van der Waals surface area (Å²) in [5.74, 6) is -0.574. The maximum absolute atomic E-state index is 12.8. The van der Waals surface area contributed by atoms with Crippen molar-refractivity contribution in [1.82, 2.24) is 9.88 Å². The van der Waals surface area contributed by atoms with Gasteiger partial charge in [0.1, 0.15) is 0 Å². The highest BCUT2D eigenvalue weighted by molar-refractivity contribution is 6.21. The second-order valence-corrected chi connectivity index (χ2v) is 10.6. The molecule has 2 amide bonds. The Bertz CT molecular complexity index is 1690. The fourth-order valence-corrected chi connectivity index (χ4v) is 5.92. The molecule has 6 heteroatoms. The van der Waals surface area contributed by atoms with Crippen LogP contribution < -0.4 is 5.56 Å². The van der Waals surface area contributed by atoms with Crippen LogP contribution in [-0.2, 0) is 31.2 Å². The summed E-state index contributed by atoms with van der Waals surface area (Å²) in [7, 11) is 0. The Hall–Kier alpha value is -4.50. The topological polar surface area (TPSA) is 94.0 Å². The largest absolute Gasteiger partial charge is 0.322 e. The molecule has 1 atom stereocenters. The summed E-state index contributed by atoms with van der Waals surface area (Å²) in [5.41, 5.74) is 5.41. The molecule has 0 spiro atoms. The Morgan fingerprint density at radius 3 is 2.26 bits per heavy atom. The number of pyridine rings is 1. The average molecular weight is 502 g/mol. The van der Waals surface area contributed by atoms with Crippen molar-refractivity contribution in [3.63, 3.8) is 0 Å². The lowest BCUT2D eigenvalue weighted by molar-refractivity contribution is 0.0642. The van der Waals surface area contributed by atoms with E-state index in [4.69, 9.17) is 0 Å². The molecule has 0 fully saturated rings. The summed E-state index contributed by atoms with van der Waals surface area (Å²) in [6, 6.07) is 23.0. The van der Waals surface area contributed by atoms with Crippen LogP contribution in [0.15, 0.2) is 71.5 Å². The molecule has 38 heavy (non-hydrogen) atoms. The van der Waals surface area contributed by atoms with E-state index in [-0.39, 0.29) is 23.9 Å². The number of amides is 2. The first-order valence-corrected chi connectivity index (χ1v) is 13.0. The summed E-state index contributed by atoms with van der Waals surface area (Å²) in [4.78, 5) is 42.7. The molecule has 3 aromatic carbocycles. The van der Waals surface area contributed by atoms with E-state index in [1.54, 1.807) is 24.3 Å². The van der Waals surface area contributed by atoms with Gasteiger partial charge in [-0.05, 0) is 79.5 Å². The van der Waals surface area contributed by atoms with E-state index in [1.807, 2.05) is 49.4 Å².